The summed E-state index contributed by atoms with van der Waals surface area (Å²) in [4.78, 5) is 10.6. The average Bonchev–Trinajstić information content (AvgIpc) is 2.26. The molecule has 0 aromatic rings. The fourth-order valence-electron chi connectivity index (χ4n) is 1.20. The van der Waals surface area contributed by atoms with Crippen LogP contribution in [0.25, 0.3) is 0 Å². The van der Waals surface area contributed by atoms with Gasteiger partial charge in [-0.1, -0.05) is 26.2 Å². The fraction of sp³-hybridized carbons (Fsp3) is 0.615. The summed E-state index contributed by atoms with van der Waals surface area (Å²) < 4.78 is 5.48. The Hall–Kier alpha value is -1.25. The molecule has 0 aliphatic carbocycles. The summed E-state index contributed by atoms with van der Waals surface area (Å²) in [6.45, 7) is 6.22. The van der Waals surface area contributed by atoms with Crippen LogP contribution in [0.15, 0.2) is 23.5 Å². The van der Waals surface area contributed by atoms with Gasteiger partial charge in [0.15, 0.2) is 0 Å². The molecular weight excluding hydrogens is 204 g/mol. The standard InChI is InChI=1S/C13H22O3/c1-4-6-7-8-9-16-12(5-2)10-11(3)13(14)15/h5,10H,4,6-9H2,1-3H3,(H,14,15)/b11-10+,12-5+. The third-order valence-electron chi connectivity index (χ3n) is 2.25. The number of rotatable bonds is 8. The molecule has 0 amide bonds. The van der Waals surface area contributed by atoms with E-state index in [2.05, 4.69) is 6.92 Å². The minimum atomic E-state index is -0.908. The quantitative estimate of drug-likeness (QED) is 0.298. The monoisotopic (exact) mass is 226 g/mol. The van der Waals surface area contributed by atoms with Gasteiger partial charge in [0.2, 0.25) is 0 Å². The van der Waals surface area contributed by atoms with Crippen LogP contribution in [-0.2, 0) is 9.53 Å². The van der Waals surface area contributed by atoms with Crippen molar-refractivity contribution < 1.29 is 14.6 Å². The Balaban J connectivity index is 3.95. The Morgan fingerprint density at radius 1 is 1.31 bits per heavy atom. The third kappa shape index (κ3) is 7.10. The molecule has 0 saturated heterocycles. The predicted octanol–water partition coefficient (Wildman–Crippen LogP) is 3.52. The number of carboxylic acid groups (broad SMARTS) is 1. The van der Waals surface area contributed by atoms with Crippen LogP contribution in [0.2, 0.25) is 0 Å². The zero-order valence-electron chi connectivity index (χ0n) is 10.5. The molecule has 3 nitrogen and oxygen atoms in total. The summed E-state index contributed by atoms with van der Waals surface area (Å²) in [6, 6.07) is 0. The van der Waals surface area contributed by atoms with Crippen molar-refractivity contribution in [2.24, 2.45) is 0 Å². The number of ether oxygens (including phenoxy) is 1. The first kappa shape index (κ1) is 14.8. The zero-order chi connectivity index (χ0) is 12.4. The van der Waals surface area contributed by atoms with Gasteiger partial charge in [0, 0.05) is 5.57 Å². The molecular formula is C13H22O3. The third-order valence-corrected chi connectivity index (χ3v) is 2.25. The minimum absolute atomic E-state index is 0.293. The van der Waals surface area contributed by atoms with E-state index in [4.69, 9.17) is 9.84 Å². The number of hydrogen-bond acceptors (Lipinski definition) is 2. The van der Waals surface area contributed by atoms with E-state index in [1.807, 2.05) is 6.92 Å². The van der Waals surface area contributed by atoms with Crippen molar-refractivity contribution in [2.75, 3.05) is 6.61 Å². The van der Waals surface area contributed by atoms with E-state index in [1.54, 1.807) is 19.1 Å². The fourth-order valence-corrected chi connectivity index (χ4v) is 1.20. The highest BCUT2D eigenvalue weighted by molar-refractivity contribution is 5.86. The van der Waals surface area contributed by atoms with E-state index in [0.29, 0.717) is 17.9 Å². The predicted molar refractivity (Wildman–Crippen MR) is 65.2 cm³/mol. The van der Waals surface area contributed by atoms with Gasteiger partial charge in [-0.25, -0.2) is 4.79 Å². The van der Waals surface area contributed by atoms with Gasteiger partial charge in [-0.15, -0.1) is 0 Å². The first-order valence-electron chi connectivity index (χ1n) is 5.82. The first-order valence-corrected chi connectivity index (χ1v) is 5.82. The van der Waals surface area contributed by atoms with Gasteiger partial charge in [0.05, 0.1) is 6.61 Å². The Kier molecular flexibility index (Phi) is 8.31. The molecule has 16 heavy (non-hydrogen) atoms. The highest BCUT2D eigenvalue weighted by atomic mass is 16.5. The lowest BCUT2D eigenvalue weighted by Gasteiger charge is -2.06. The number of allylic oxidation sites excluding steroid dienone is 2. The molecule has 0 fully saturated rings. The van der Waals surface area contributed by atoms with Crippen molar-refractivity contribution in [3.63, 3.8) is 0 Å². The van der Waals surface area contributed by atoms with Crippen molar-refractivity contribution in [3.8, 4) is 0 Å². The summed E-state index contributed by atoms with van der Waals surface area (Å²) in [5, 5.41) is 8.72. The zero-order valence-corrected chi connectivity index (χ0v) is 10.5. The molecule has 0 heterocycles. The van der Waals surface area contributed by atoms with Crippen molar-refractivity contribution in [2.45, 2.75) is 46.5 Å². The van der Waals surface area contributed by atoms with Crippen LogP contribution in [-0.4, -0.2) is 17.7 Å². The van der Waals surface area contributed by atoms with Crippen molar-refractivity contribution >= 4 is 5.97 Å². The lowest BCUT2D eigenvalue weighted by Crippen LogP contribution is -1.99. The topological polar surface area (TPSA) is 46.5 Å². The lowest BCUT2D eigenvalue weighted by atomic mass is 10.2. The number of carbonyl (C=O) groups is 1. The van der Waals surface area contributed by atoms with Crippen LogP contribution in [0.1, 0.15) is 46.5 Å². The highest BCUT2D eigenvalue weighted by Crippen LogP contribution is 2.07. The SMILES string of the molecule is C/C=C(\C=C(/C)C(=O)O)OCCCCCC. The van der Waals surface area contributed by atoms with Crippen molar-refractivity contribution in [1.29, 1.82) is 0 Å². The molecule has 92 valence electrons. The van der Waals surface area contributed by atoms with Crippen LogP contribution in [0, 0.1) is 0 Å². The second-order valence-electron chi connectivity index (χ2n) is 3.73. The van der Waals surface area contributed by atoms with E-state index in [1.165, 1.54) is 12.8 Å². The first-order chi connectivity index (χ1) is 7.61. The summed E-state index contributed by atoms with van der Waals surface area (Å²) in [5.74, 6) is -0.273. The van der Waals surface area contributed by atoms with Gasteiger partial charge in [0.1, 0.15) is 5.76 Å². The molecule has 0 spiro atoms. The maximum absolute atomic E-state index is 10.6. The molecule has 0 aromatic heterocycles. The van der Waals surface area contributed by atoms with Crippen LogP contribution in [0.4, 0.5) is 0 Å². The molecule has 1 N–H and O–H groups in total. The number of carboxylic acids is 1. The Bertz CT molecular complexity index is 264. The smallest absolute Gasteiger partial charge is 0.331 e. The molecule has 0 saturated carbocycles. The van der Waals surface area contributed by atoms with Gasteiger partial charge >= 0.3 is 5.97 Å². The van der Waals surface area contributed by atoms with Crippen LogP contribution in [0.3, 0.4) is 0 Å². The Labute approximate surface area is 97.8 Å². The molecule has 0 atom stereocenters. The normalized spacial score (nSPS) is 12.7. The van der Waals surface area contributed by atoms with Crippen molar-refractivity contribution in [3.05, 3.63) is 23.5 Å². The molecule has 0 bridgehead atoms. The van der Waals surface area contributed by atoms with Gasteiger partial charge in [-0.2, -0.15) is 0 Å². The summed E-state index contributed by atoms with van der Waals surface area (Å²) in [7, 11) is 0. The number of unbranched alkanes of at least 4 members (excludes halogenated alkanes) is 3. The van der Waals surface area contributed by atoms with E-state index < -0.39 is 5.97 Å². The largest absolute Gasteiger partial charge is 0.494 e. The second kappa shape index (κ2) is 9.01. The molecule has 0 rings (SSSR count). The molecule has 0 aliphatic rings. The molecule has 0 aromatic carbocycles. The molecule has 0 radical (unpaired) electrons. The van der Waals surface area contributed by atoms with Gasteiger partial charge in [0.25, 0.3) is 0 Å². The number of hydrogen-bond donors (Lipinski definition) is 1. The second-order valence-corrected chi connectivity index (χ2v) is 3.73. The van der Waals surface area contributed by atoms with Crippen LogP contribution < -0.4 is 0 Å². The molecule has 0 unspecified atom stereocenters. The van der Waals surface area contributed by atoms with E-state index in [9.17, 15) is 4.79 Å². The Morgan fingerprint density at radius 2 is 2.00 bits per heavy atom. The number of aliphatic carboxylic acids is 1. The summed E-state index contributed by atoms with van der Waals surface area (Å²) in [5.41, 5.74) is 0.293. The van der Waals surface area contributed by atoms with E-state index >= 15 is 0 Å². The van der Waals surface area contributed by atoms with Crippen LogP contribution >= 0.6 is 0 Å². The lowest BCUT2D eigenvalue weighted by molar-refractivity contribution is -0.132. The van der Waals surface area contributed by atoms with Crippen molar-refractivity contribution in [1.82, 2.24) is 0 Å². The summed E-state index contributed by atoms with van der Waals surface area (Å²) >= 11 is 0. The minimum Gasteiger partial charge on any atom is -0.494 e. The molecule has 0 aliphatic heterocycles. The highest BCUT2D eigenvalue weighted by Gasteiger charge is 2.01. The van der Waals surface area contributed by atoms with Gasteiger partial charge in [-0.3, -0.25) is 0 Å². The molecule has 3 heteroatoms. The van der Waals surface area contributed by atoms with E-state index in [0.717, 1.165) is 12.8 Å². The summed E-state index contributed by atoms with van der Waals surface area (Å²) in [6.07, 6.45) is 7.95. The maximum atomic E-state index is 10.6. The maximum Gasteiger partial charge on any atom is 0.331 e. The Morgan fingerprint density at radius 3 is 2.50 bits per heavy atom. The van der Waals surface area contributed by atoms with E-state index in [-0.39, 0.29) is 0 Å². The van der Waals surface area contributed by atoms with Gasteiger partial charge in [-0.05, 0) is 32.4 Å². The van der Waals surface area contributed by atoms with Crippen LogP contribution in [0.5, 0.6) is 0 Å². The average molecular weight is 226 g/mol. The van der Waals surface area contributed by atoms with Gasteiger partial charge < -0.3 is 9.84 Å².